The number of nitro groups is 2. The van der Waals surface area contributed by atoms with Crippen LogP contribution in [0.4, 0.5) is 17.1 Å². The van der Waals surface area contributed by atoms with Gasteiger partial charge in [-0.2, -0.15) is 5.10 Å². The Morgan fingerprint density at radius 2 is 1.83 bits per heavy atom. The fraction of sp³-hybridized carbons (Fsp3) is 0.263. The fourth-order valence-electron chi connectivity index (χ4n) is 3.73. The number of rotatable bonds is 6. The summed E-state index contributed by atoms with van der Waals surface area (Å²) in [6.45, 7) is 1.72. The largest absolute Gasteiger partial charge is 0.549 e. The summed E-state index contributed by atoms with van der Waals surface area (Å²) >= 11 is 0. The van der Waals surface area contributed by atoms with Gasteiger partial charge in [0.25, 0.3) is 5.69 Å². The number of benzene rings is 2. The number of non-ortho nitro benzene ring substituents is 1. The molecule has 0 radical (unpaired) electrons. The molecule has 10 heteroatoms. The van der Waals surface area contributed by atoms with Gasteiger partial charge in [-0.25, -0.2) is 0 Å². The average molecular weight is 397 g/mol. The Balaban J connectivity index is 1.92. The standard InChI is InChI=1S/C19H18N4O6/c1-12-15(9-10-19(12,18(24)25)13-5-3-2-4-6-13)20-21-16-8-7-14(22(26)27)11-17(16)23(28)29/h2-8,11-12,21H,9-10H2,1H3,(H,24,25)/p-1/b20-15+/t12-,19+/m1/s1. The van der Waals surface area contributed by atoms with Gasteiger partial charge in [-0.05, 0) is 24.5 Å². The molecule has 2 aromatic carbocycles. The summed E-state index contributed by atoms with van der Waals surface area (Å²) in [4.78, 5) is 32.7. The fourth-order valence-corrected chi connectivity index (χ4v) is 3.73. The first-order valence-electron chi connectivity index (χ1n) is 8.79. The lowest BCUT2D eigenvalue weighted by atomic mass is 9.73. The molecule has 0 bridgehead atoms. The van der Waals surface area contributed by atoms with Crippen molar-refractivity contribution in [1.29, 1.82) is 0 Å². The lowest BCUT2D eigenvalue weighted by Gasteiger charge is -2.35. The van der Waals surface area contributed by atoms with Crippen LogP contribution in [-0.4, -0.2) is 21.5 Å². The Kier molecular flexibility index (Phi) is 5.26. The van der Waals surface area contributed by atoms with E-state index in [1.54, 1.807) is 37.3 Å². The normalized spacial score (nSPS) is 22.4. The minimum absolute atomic E-state index is 0.0223. The van der Waals surface area contributed by atoms with Crippen molar-refractivity contribution in [3.05, 3.63) is 74.3 Å². The van der Waals surface area contributed by atoms with Crippen molar-refractivity contribution in [3.8, 4) is 0 Å². The Bertz CT molecular complexity index is 1010. The number of carboxylic acid groups (broad SMARTS) is 1. The van der Waals surface area contributed by atoms with Gasteiger partial charge in [0, 0.05) is 23.1 Å². The average Bonchev–Trinajstić information content (AvgIpc) is 3.04. The summed E-state index contributed by atoms with van der Waals surface area (Å²) in [5, 5.41) is 38.3. The Labute approximate surface area is 165 Å². The third-order valence-corrected chi connectivity index (χ3v) is 5.38. The van der Waals surface area contributed by atoms with Crippen LogP contribution in [0.5, 0.6) is 0 Å². The van der Waals surface area contributed by atoms with Gasteiger partial charge in [-0.3, -0.25) is 25.7 Å². The van der Waals surface area contributed by atoms with Gasteiger partial charge < -0.3 is 9.90 Å². The molecule has 1 saturated carbocycles. The number of hydrogen-bond donors (Lipinski definition) is 1. The van der Waals surface area contributed by atoms with E-state index in [0.717, 1.165) is 12.1 Å². The summed E-state index contributed by atoms with van der Waals surface area (Å²) < 4.78 is 0. The molecular weight excluding hydrogens is 380 g/mol. The van der Waals surface area contributed by atoms with Crippen molar-refractivity contribution < 1.29 is 19.7 Å². The maximum atomic E-state index is 12.1. The van der Waals surface area contributed by atoms with Crippen LogP contribution in [0.25, 0.3) is 0 Å². The van der Waals surface area contributed by atoms with E-state index in [1.165, 1.54) is 6.07 Å². The molecule has 0 amide bonds. The van der Waals surface area contributed by atoms with E-state index in [-0.39, 0.29) is 12.1 Å². The lowest BCUT2D eigenvalue weighted by molar-refractivity contribution is -0.393. The van der Waals surface area contributed by atoms with Crippen molar-refractivity contribution in [2.45, 2.75) is 25.2 Å². The third-order valence-electron chi connectivity index (χ3n) is 5.38. The number of carboxylic acids is 1. The summed E-state index contributed by atoms with van der Waals surface area (Å²) in [6, 6.07) is 11.9. The molecule has 10 nitrogen and oxygen atoms in total. The predicted molar refractivity (Wildman–Crippen MR) is 102 cm³/mol. The van der Waals surface area contributed by atoms with Crippen LogP contribution in [-0.2, 0) is 10.2 Å². The van der Waals surface area contributed by atoms with Gasteiger partial charge in [0.1, 0.15) is 5.69 Å². The summed E-state index contributed by atoms with van der Waals surface area (Å²) in [7, 11) is 0. The maximum absolute atomic E-state index is 12.1. The zero-order valence-corrected chi connectivity index (χ0v) is 15.4. The molecule has 0 spiro atoms. The molecule has 1 N–H and O–H groups in total. The minimum Gasteiger partial charge on any atom is -0.549 e. The van der Waals surface area contributed by atoms with Gasteiger partial charge in [-0.1, -0.05) is 37.3 Å². The van der Waals surface area contributed by atoms with Crippen LogP contribution in [0.1, 0.15) is 25.3 Å². The molecule has 0 saturated heterocycles. The van der Waals surface area contributed by atoms with Gasteiger partial charge in [0.2, 0.25) is 0 Å². The van der Waals surface area contributed by atoms with Crippen LogP contribution in [0.2, 0.25) is 0 Å². The molecule has 3 rings (SSSR count). The highest BCUT2D eigenvalue weighted by Gasteiger charge is 2.46. The molecule has 0 aromatic heterocycles. The second kappa shape index (κ2) is 7.66. The second-order valence-corrected chi connectivity index (χ2v) is 6.78. The number of carbonyl (C=O) groups excluding carboxylic acids is 1. The second-order valence-electron chi connectivity index (χ2n) is 6.78. The number of nitrogens with one attached hydrogen (secondary N) is 1. The molecule has 2 atom stereocenters. The third kappa shape index (κ3) is 3.51. The van der Waals surface area contributed by atoms with Gasteiger partial charge in [0.15, 0.2) is 0 Å². The molecule has 150 valence electrons. The Hall–Kier alpha value is -3.82. The first kappa shape index (κ1) is 19.9. The number of anilines is 1. The minimum atomic E-state index is -1.25. The van der Waals surface area contributed by atoms with Crippen molar-refractivity contribution in [3.63, 3.8) is 0 Å². The Morgan fingerprint density at radius 3 is 2.41 bits per heavy atom. The van der Waals surface area contributed by atoms with Gasteiger partial charge >= 0.3 is 5.69 Å². The van der Waals surface area contributed by atoms with E-state index in [9.17, 15) is 30.1 Å². The zero-order chi connectivity index (χ0) is 21.2. The number of aliphatic carboxylic acids is 1. The SMILES string of the molecule is C[C@@H]1/C(=N/Nc2ccc([N+](=O)[O-])cc2[N+](=O)[O-])CC[C@@]1(C(=O)[O-])c1ccccc1. The highest BCUT2D eigenvalue weighted by atomic mass is 16.6. The van der Waals surface area contributed by atoms with Crippen LogP contribution in [0.15, 0.2) is 53.6 Å². The smallest absolute Gasteiger partial charge is 0.301 e. The summed E-state index contributed by atoms with van der Waals surface area (Å²) in [5.41, 5.74) is 1.52. The number of hydrazone groups is 1. The Morgan fingerprint density at radius 1 is 1.14 bits per heavy atom. The highest BCUT2D eigenvalue weighted by Crippen LogP contribution is 2.44. The van der Waals surface area contributed by atoms with Gasteiger partial charge in [-0.15, -0.1) is 0 Å². The topological polar surface area (TPSA) is 151 Å². The van der Waals surface area contributed by atoms with Crippen LogP contribution in [0, 0.1) is 26.1 Å². The molecular formula is C19H17N4O6-. The van der Waals surface area contributed by atoms with E-state index in [4.69, 9.17) is 0 Å². The van der Waals surface area contributed by atoms with Crippen molar-refractivity contribution >= 4 is 28.7 Å². The predicted octanol–water partition coefficient (Wildman–Crippen LogP) is 2.39. The monoisotopic (exact) mass is 397 g/mol. The van der Waals surface area contributed by atoms with E-state index >= 15 is 0 Å². The summed E-state index contributed by atoms with van der Waals surface area (Å²) in [6.07, 6.45) is 0.640. The van der Waals surface area contributed by atoms with E-state index in [2.05, 4.69) is 10.5 Å². The first-order valence-corrected chi connectivity index (χ1v) is 8.79. The molecule has 1 fully saturated rings. The first-order chi connectivity index (χ1) is 13.8. The van der Waals surface area contributed by atoms with Gasteiger partial charge in [0.05, 0.1) is 21.9 Å². The highest BCUT2D eigenvalue weighted by molar-refractivity contribution is 5.98. The number of carbonyl (C=O) groups is 1. The number of hydrogen-bond acceptors (Lipinski definition) is 8. The van der Waals surface area contributed by atoms with E-state index in [0.29, 0.717) is 17.7 Å². The summed E-state index contributed by atoms with van der Waals surface area (Å²) in [5.74, 6) is -1.72. The van der Waals surface area contributed by atoms with Crippen molar-refractivity contribution in [2.24, 2.45) is 11.0 Å². The zero-order valence-electron chi connectivity index (χ0n) is 15.4. The van der Waals surface area contributed by atoms with Crippen LogP contribution in [0.3, 0.4) is 0 Å². The molecule has 29 heavy (non-hydrogen) atoms. The van der Waals surface area contributed by atoms with E-state index < -0.39 is 38.5 Å². The molecule has 2 aromatic rings. The molecule has 0 aliphatic heterocycles. The van der Waals surface area contributed by atoms with E-state index in [1.807, 2.05) is 0 Å². The van der Waals surface area contributed by atoms with Crippen molar-refractivity contribution in [2.75, 3.05) is 5.43 Å². The number of nitro benzene ring substituents is 2. The number of nitrogens with zero attached hydrogens (tertiary/aromatic N) is 3. The maximum Gasteiger partial charge on any atom is 0.301 e. The quantitative estimate of drug-likeness (QED) is 0.580. The molecule has 1 aliphatic carbocycles. The molecule has 0 heterocycles. The molecule has 1 aliphatic rings. The van der Waals surface area contributed by atoms with Crippen LogP contribution >= 0.6 is 0 Å². The van der Waals surface area contributed by atoms with Crippen LogP contribution < -0.4 is 10.5 Å². The van der Waals surface area contributed by atoms with Crippen molar-refractivity contribution in [1.82, 2.24) is 0 Å². The lowest BCUT2D eigenvalue weighted by Crippen LogP contribution is -2.48. The molecule has 0 unspecified atom stereocenters.